The number of nitrogens with zero attached hydrogens (tertiary/aromatic N) is 1. The number of carbonyl (C=O) groups is 4. The first-order chi connectivity index (χ1) is 24.1. The molecule has 0 aromatic carbocycles. The molecule has 0 saturated heterocycles. The predicted molar refractivity (Wildman–Crippen MR) is 207 cm³/mol. The molecule has 0 spiro atoms. The number of hydrogen-bond acceptors (Lipinski definition) is 5. The van der Waals surface area contributed by atoms with Crippen molar-refractivity contribution in [3.05, 3.63) is 12.2 Å². The Morgan fingerprint density at radius 1 is 0.540 bits per heavy atom. The van der Waals surface area contributed by atoms with Crippen LogP contribution in [-0.4, -0.2) is 58.6 Å². The number of carboxylic acids is 2. The molecule has 0 fully saturated rings. The number of esters is 1. The summed E-state index contributed by atoms with van der Waals surface area (Å²) in [6, 6.07) is 0. The molecule has 0 aliphatic carbocycles. The number of unbranched alkanes of at least 4 members (excludes halogenated alkanes) is 25. The standard InChI is InChI=1S/C21H39NO3.C21H40O4/c1-3-4-5-6-7-8-9-10-11-12-13-14-15-16-17-18-20(23)22(2)19-21(24)25;1-3-4-5-6-7-8-9-10-11-12-13-14-15-16-17-18-20(22)25-19(2)21(23)24/h10-11H,3-9,12-19H2,1-2H3,(H,24,25);19H,3-18H2,1-2H3,(H,23,24)/b11-10-;. The van der Waals surface area contributed by atoms with Crippen LogP contribution < -0.4 is 0 Å². The summed E-state index contributed by atoms with van der Waals surface area (Å²) in [6.07, 6.45) is 39.7. The Bertz CT molecular complexity index is 829. The third kappa shape index (κ3) is 40.1. The molecular formula is C42H79NO7. The molecule has 0 saturated carbocycles. The molecule has 50 heavy (non-hydrogen) atoms. The molecule has 0 bridgehead atoms. The zero-order valence-electron chi connectivity index (χ0n) is 33.0. The summed E-state index contributed by atoms with van der Waals surface area (Å²) in [5, 5.41) is 17.3. The number of carboxylic acid groups (broad SMARTS) is 2. The van der Waals surface area contributed by atoms with Crippen LogP contribution in [0.2, 0.25) is 0 Å². The summed E-state index contributed by atoms with van der Waals surface area (Å²) >= 11 is 0. The van der Waals surface area contributed by atoms with Crippen LogP contribution in [0.1, 0.15) is 213 Å². The van der Waals surface area contributed by atoms with Gasteiger partial charge in [0.2, 0.25) is 5.91 Å². The maximum Gasteiger partial charge on any atom is 0.344 e. The lowest BCUT2D eigenvalue weighted by Crippen LogP contribution is -2.31. The molecule has 0 aromatic heterocycles. The van der Waals surface area contributed by atoms with Gasteiger partial charge in [-0.05, 0) is 45.4 Å². The van der Waals surface area contributed by atoms with E-state index in [1.54, 1.807) is 7.05 Å². The normalized spacial score (nSPS) is 11.6. The van der Waals surface area contributed by atoms with Crippen LogP contribution in [-0.2, 0) is 23.9 Å². The highest BCUT2D eigenvalue weighted by Gasteiger charge is 2.15. The van der Waals surface area contributed by atoms with Crippen molar-refractivity contribution >= 4 is 23.8 Å². The number of carbonyl (C=O) groups excluding carboxylic acids is 2. The predicted octanol–water partition coefficient (Wildman–Crippen LogP) is 11.8. The van der Waals surface area contributed by atoms with E-state index in [1.807, 2.05) is 0 Å². The van der Waals surface area contributed by atoms with Gasteiger partial charge in [-0.15, -0.1) is 0 Å². The zero-order chi connectivity index (χ0) is 37.5. The second-order valence-corrected chi connectivity index (χ2v) is 14.1. The highest BCUT2D eigenvalue weighted by Crippen LogP contribution is 2.14. The Kier molecular flexibility index (Phi) is 39.2. The number of ether oxygens (including phenoxy) is 1. The minimum atomic E-state index is -1.09. The highest BCUT2D eigenvalue weighted by atomic mass is 16.6. The summed E-state index contributed by atoms with van der Waals surface area (Å²) < 4.78 is 4.79. The molecule has 0 aromatic rings. The van der Waals surface area contributed by atoms with Crippen LogP contribution in [0.4, 0.5) is 0 Å². The largest absolute Gasteiger partial charge is 0.480 e. The van der Waals surface area contributed by atoms with Gasteiger partial charge >= 0.3 is 17.9 Å². The first kappa shape index (κ1) is 49.7. The van der Waals surface area contributed by atoms with Crippen molar-refractivity contribution < 1.29 is 34.1 Å². The zero-order valence-corrected chi connectivity index (χ0v) is 33.0. The van der Waals surface area contributed by atoms with Crippen LogP contribution >= 0.6 is 0 Å². The topological polar surface area (TPSA) is 121 Å². The molecular weight excluding hydrogens is 630 g/mol. The van der Waals surface area contributed by atoms with Gasteiger partial charge in [0.25, 0.3) is 0 Å². The lowest BCUT2D eigenvalue weighted by Gasteiger charge is -2.14. The third-order valence-corrected chi connectivity index (χ3v) is 9.09. The van der Waals surface area contributed by atoms with Gasteiger partial charge in [0, 0.05) is 19.9 Å². The Morgan fingerprint density at radius 3 is 1.24 bits per heavy atom. The third-order valence-electron chi connectivity index (χ3n) is 9.09. The van der Waals surface area contributed by atoms with Crippen molar-refractivity contribution in [2.45, 2.75) is 219 Å². The molecule has 8 nitrogen and oxygen atoms in total. The summed E-state index contributed by atoms with van der Waals surface area (Å²) in [7, 11) is 1.55. The molecule has 1 atom stereocenters. The Hall–Kier alpha value is -2.38. The molecule has 0 aliphatic rings. The molecule has 0 rings (SSSR count). The quantitative estimate of drug-likeness (QED) is 0.0381. The van der Waals surface area contributed by atoms with Crippen molar-refractivity contribution in [1.29, 1.82) is 0 Å². The lowest BCUT2D eigenvalue weighted by atomic mass is 10.0. The summed E-state index contributed by atoms with van der Waals surface area (Å²) in [6.45, 7) is 5.69. The van der Waals surface area contributed by atoms with Crippen LogP contribution in [0.5, 0.6) is 0 Å². The monoisotopic (exact) mass is 710 g/mol. The number of likely N-dealkylation sites (N-methyl/N-ethyl adjacent to an activating group) is 1. The van der Waals surface area contributed by atoms with E-state index in [2.05, 4.69) is 26.0 Å². The molecule has 2 N–H and O–H groups in total. The Labute approximate surface area is 307 Å². The summed E-state index contributed by atoms with van der Waals surface area (Å²) in [5.41, 5.74) is 0. The minimum absolute atomic E-state index is 0.0694. The van der Waals surface area contributed by atoms with Crippen LogP contribution in [0.15, 0.2) is 12.2 Å². The van der Waals surface area contributed by atoms with E-state index in [-0.39, 0.29) is 12.5 Å². The van der Waals surface area contributed by atoms with Gasteiger partial charge in [-0.1, -0.05) is 167 Å². The van der Waals surface area contributed by atoms with E-state index in [0.717, 1.165) is 44.9 Å². The van der Waals surface area contributed by atoms with E-state index < -0.39 is 24.0 Å². The van der Waals surface area contributed by atoms with E-state index in [9.17, 15) is 19.2 Å². The molecule has 294 valence electrons. The van der Waals surface area contributed by atoms with Crippen LogP contribution in [0, 0.1) is 0 Å². The fraction of sp³-hybridized carbons (Fsp3) is 0.857. The second-order valence-electron chi connectivity index (χ2n) is 14.1. The van der Waals surface area contributed by atoms with E-state index in [1.165, 1.54) is 147 Å². The van der Waals surface area contributed by atoms with E-state index >= 15 is 0 Å². The number of amides is 1. The van der Waals surface area contributed by atoms with Crippen LogP contribution in [0.25, 0.3) is 0 Å². The van der Waals surface area contributed by atoms with Gasteiger partial charge in [0.05, 0.1) is 0 Å². The maximum absolute atomic E-state index is 11.7. The molecule has 0 aliphatic heterocycles. The van der Waals surface area contributed by atoms with Gasteiger partial charge in [0.1, 0.15) is 6.54 Å². The fourth-order valence-electron chi connectivity index (χ4n) is 5.78. The maximum atomic E-state index is 11.7. The SMILES string of the molecule is CCCCCCCC/C=C\CCCCCCCC(=O)N(C)CC(=O)O.CCCCCCCCCCCCCCCCCC(=O)OC(C)C(=O)O. The molecule has 0 heterocycles. The fourth-order valence-corrected chi connectivity index (χ4v) is 5.78. The first-order valence-corrected chi connectivity index (χ1v) is 20.7. The van der Waals surface area contributed by atoms with Gasteiger partial charge < -0.3 is 19.8 Å². The number of rotatable bonds is 35. The van der Waals surface area contributed by atoms with Crippen molar-refractivity contribution in [3.63, 3.8) is 0 Å². The number of allylic oxidation sites excluding steroid dienone is 2. The van der Waals surface area contributed by atoms with Crippen molar-refractivity contribution in [2.75, 3.05) is 13.6 Å². The second kappa shape index (κ2) is 39.4. The minimum Gasteiger partial charge on any atom is -0.480 e. The van der Waals surface area contributed by atoms with Crippen molar-refractivity contribution in [2.24, 2.45) is 0 Å². The average Bonchev–Trinajstić information content (AvgIpc) is 3.08. The van der Waals surface area contributed by atoms with Gasteiger partial charge in [-0.2, -0.15) is 0 Å². The average molecular weight is 710 g/mol. The van der Waals surface area contributed by atoms with Gasteiger partial charge in [-0.3, -0.25) is 14.4 Å². The molecule has 1 unspecified atom stereocenters. The highest BCUT2D eigenvalue weighted by molar-refractivity contribution is 5.81. The lowest BCUT2D eigenvalue weighted by molar-refractivity contribution is -0.162. The van der Waals surface area contributed by atoms with Gasteiger partial charge in [-0.25, -0.2) is 4.79 Å². The molecule has 0 radical (unpaired) electrons. The van der Waals surface area contributed by atoms with Gasteiger partial charge in [0.15, 0.2) is 6.10 Å². The smallest absolute Gasteiger partial charge is 0.344 e. The summed E-state index contributed by atoms with van der Waals surface area (Å²) in [5.74, 6) is -2.52. The number of hydrogen-bond donors (Lipinski definition) is 2. The van der Waals surface area contributed by atoms with E-state index in [4.69, 9.17) is 14.9 Å². The number of aliphatic carboxylic acids is 2. The van der Waals surface area contributed by atoms with Crippen molar-refractivity contribution in [1.82, 2.24) is 4.90 Å². The molecule has 8 heteroatoms. The summed E-state index contributed by atoms with van der Waals surface area (Å²) in [4.78, 5) is 45.5. The van der Waals surface area contributed by atoms with Crippen molar-refractivity contribution in [3.8, 4) is 0 Å². The van der Waals surface area contributed by atoms with E-state index in [0.29, 0.717) is 12.8 Å². The first-order valence-electron chi connectivity index (χ1n) is 20.7. The Morgan fingerprint density at radius 2 is 0.880 bits per heavy atom. The van der Waals surface area contributed by atoms with Crippen LogP contribution in [0.3, 0.4) is 0 Å². The molecule has 1 amide bonds. The Balaban J connectivity index is 0.